The number of nitrogens with one attached hydrogen (secondary N) is 1. The van der Waals surface area contributed by atoms with Gasteiger partial charge in [0.05, 0.1) is 18.3 Å². The van der Waals surface area contributed by atoms with E-state index >= 15 is 0 Å². The minimum absolute atomic E-state index is 0.0141. The summed E-state index contributed by atoms with van der Waals surface area (Å²) in [4.78, 5) is 16.0. The van der Waals surface area contributed by atoms with Crippen LogP contribution in [0.5, 0.6) is 0 Å². The summed E-state index contributed by atoms with van der Waals surface area (Å²) < 4.78 is 13.1. The molecule has 2 saturated heterocycles. The SMILES string of the molecule is C[C@@H]1S[C@H](c2ccc(F)cc2)N(CC[NH+]2CC[NH2+]CC2)C1=O. The number of amides is 1. The molecule has 3 N–H and O–H groups in total. The molecule has 0 aliphatic carbocycles. The van der Waals surface area contributed by atoms with Crippen LogP contribution in [0.25, 0.3) is 0 Å². The first-order valence-corrected chi connectivity index (χ1v) is 8.96. The molecule has 4 nitrogen and oxygen atoms in total. The average Bonchev–Trinajstić information content (AvgIpc) is 2.82. The maximum atomic E-state index is 13.1. The zero-order valence-corrected chi connectivity index (χ0v) is 13.7. The Morgan fingerprint density at radius 2 is 2.00 bits per heavy atom. The van der Waals surface area contributed by atoms with Crippen molar-refractivity contribution in [3.8, 4) is 0 Å². The minimum Gasteiger partial charge on any atom is -0.337 e. The van der Waals surface area contributed by atoms with E-state index in [1.807, 2.05) is 11.8 Å². The highest BCUT2D eigenvalue weighted by Crippen LogP contribution is 2.42. The standard InChI is InChI=1S/C16H22FN3OS/c1-12-15(21)20(11-10-19-8-6-18-7-9-19)16(22-12)13-2-4-14(17)5-3-13/h2-5,12,16,18H,6-11H2,1H3/p+2/t12-,16+/m0/s1. The summed E-state index contributed by atoms with van der Waals surface area (Å²) >= 11 is 1.67. The molecule has 1 aromatic carbocycles. The molecular formula is C16H24FN3OS+2. The molecule has 2 heterocycles. The quantitative estimate of drug-likeness (QED) is 0.765. The molecule has 0 bridgehead atoms. The Bertz CT molecular complexity index is 519. The first-order chi connectivity index (χ1) is 10.6. The molecule has 1 amide bonds. The maximum Gasteiger partial charge on any atom is 0.236 e. The average molecular weight is 325 g/mol. The number of quaternary nitrogens is 2. The molecule has 2 aliphatic rings. The highest BCUT2D eigenvalue weighted by atomic mass is 32.2. The topological polar surface area (TPSA) is 41.4 Å². The summed E-state index contributed by atoms with van der Waals surface area (Å²) in [7, 11) is 0. The van der Waals surface area contributed by atoms with Gasteiger partial charge in [-0.3, -0.25) is 4.79 Å². The number of nitrogens with two attached hydrogens (primary N) is 1. The van der Waals surface area contributed by atoms with Crippen LogP contribution in [0.15, 0.2) is 24.3 Å². The van der Waals surface area contributed by atoms with Gasteiger partial charge in [-0.25, -0.2) is 4.39 Å². The van der Waals surface area contributed by atoms with Crippen molar-refractivity contribution in [1.82, 2.24) is 4.90 Å². The van der Waals surface area contributed by atoms with Crippen LogP contribution in [-0.2, 0) is 4.79 Å². The number of rotatable bonds is 4. The van der Waals surface area contributed by atoms with Crippen LogP contribution in [0.4, 0.5) is 4.39 Å². The number of benzene rings is 1. The lowest BCUT2D eigenvalue weighted by atomic mass is 10.2. The summed E-state index contributed by atoms with van der Waals surface area (Å²) in [6, 6.07) is 6.56. The van der Waals surface area contributed by atoms with Crippen LogP contribution in [0.1, 0.15) is 17.9 Å². The number of carbonyl (C=O) groups is 1. The predicted molar refractivity (Wildman–Crippen MR) is 85.1 cm³/mol. The normalized spacial score (nSPS) is 26.6. The van der Waals surface area contributed by atoms with Crippen LogP contribution in [0.3, 0.4) is 0 Å². The van der Waals surface area contributed by atoms with Crippen molar-refractivity contribution in [2.75, 3.05) is 39.3 Å². The molecule has 0 radical (unpaired) electrons. The number of piperazine rings is 1. The molecule has 2 fully saturated rings. The zero-order valence-electron chi connectivity index (χ0n) is 12.9. The van der Waals surface area contributed by atoms with Gasteiger partial charge in [-0.2, -0.15) is 0 Å². The van der Waals surface area contributed by atoms with E-state index in [1.165, 1.54) is 38.3 Å². The number of thioether (sulfide) groups is 1. The fourth-order valence-electron chi connectivity index (χ4n) is 3.20. The molecule has 22 heavy (non-hydrogen) atoms. The number of halogens is 1. The highest BCUT2D eigenvalue weighted by Gasteiger charge is 2.38. The lowest BCUT2D eigenvalue weighted by molar-refractivity contribution is -0.946. The highest BCUT2D eigenvalue weighted by molar-refractivity contribution is 8.01. The van der Waals surface area contributed by atoms with Gasteiger partial charge in [-0.1, -0.05) is 12.1 Å². The van der Waals surface area contributed by atoms with Gasteiger partial charge in [0.1, 0.15) is 37.4 Å². The van der Waals surface area contributed by atoms with Crippen molar-refractivity contribution in [3.05, 3.63) is 35.6 Å². The van der Waals surface area contributed by atoms with Crippen molar-refractivity contribution in [2.45, 2.75) is 17.5 Å². The van der Waals surface area contributed by atoms with Crippen LogP contribution in [0.2, 0.25) is 0 Å². The fourth-order valence-corrected chi connectivity index (χ4v) is 4.51. The Morgan fingerprint density at radius 1 is 1.32 bits per heavy atom. The fraction of sp³-hybridized carbons (Fsp3) is 0.562. The number of hydrogen-bond donors (Lipinski definition) is 2. The van der Waals surface area contributed by atoms with Crippen LogP contribution in [0, 0.1) is 5.82 Å². The molecule has 0 aromatic heterocycles. The minimum atomic E-state index is -0.230. The predicted octanol–water partition coefficient (Wildman–Crippen LogP) is -0.750. The van der Waals surface area contributed by atoms with Crippen molar-refractivity contribution in [1.29, 1.82) is 0 Å². The smallest absolute Gasteiger partial charge is 0.236 e. The summed E-state index contributed by atoms with van der Waals surface area (Å²) in [5.74, 6) is -0.0195. The van der Waals surface area contributed by atoms with Crippen molar-refractivity contribution >= 4 is 17.7 Å². The van der Waals surface area contributed by atoms with Gasteiger partial charge in [0.15, 0.2) is 0 Å². The van der Waals surface area contributed by atoms with Gasteiger partial charge in [0.2, 0.25) is 5.91 Å². The third-order valence-electron chi connectivity index (χ3n) is 4.51. The number of carbonyl (C=O) groups excluding carboxylic acids is 1. The zero-order chi connectivity index (χ0) is 15.5. The van der Waals surface area contributed by atoms with Gasteiger partial charge in [-0.15, -0.1) is 11.8 Å². The maximum absolute atomic E-state index is 13.1. The Balaban J connectivity index is 1.68. The second kappa shape index (κ2) is 6.98. The van der Waals surface area contributed by atoms with Crippen molar-refractivity contribution in [2.24, 2.45) is 0 Å². The molecule has 6 heteroatoms. The van der Waals surface area contributed by atoms with E-state index in [4.69, 9.17) is 0 Å². The molecule has 1 aromatic rings. The second-order valence-corrected chi connectivity index (χ2v) is 7.51. The Morgan fingerprint density at radius 3 is 2.68 bits per heavy atom. The van der Waals surface area contributed by atoms with E-state index in [-0.39, 0.29) is 22.3 Å². The van der Waals surface area contributed by atoms with Gasteiger partial charge in [0.25, 0.3) is 0 Å². The van der Waals surface area contributed by atoms with E-state index < -0.39 is 0 Å². The van der Waals surface area contributed by atoms with Gasteiger partial charge >= 0.3 is 0 Å². The van der Waals surface area contributed by atoms with Crippen molar-refractivity contribution < 1.29 is 19.4 Å². The van der Waals surface area contributed by atoms with E-state index in [0.717, 1.165) is 18.7 Å². The van der Waals surface area contributed by atoms with Gasteiger partial charge in [-0.05, 0) is 24.6 Å². The van der Waals surface area contributed by atoms with Gasteiger partial charge < -0.3 is 15.1 Å². The third-order valence-corrected chi connectivity index (χ3v) is 5.91. The van der Waals surface area contributed by atoms with Gasteiger partial charge in [0, 0.05) is 0 Å². The molecule has 120 valence electrons. The van der Waals surface area contributed by atoms with Crippen LogP contribution in [-0.4, -0.2) is 55.3 Å². The lowest BCUT2D eigenvalue weighted by Crippen LogP contribution is -3.20. The van der Waals surface area contributed by atoms with Crippen molar-refractivity contribution in [3.63, 3.8) is 0 Å². The van der Waals surface area contributed by atoms with E-state index in [0.29, 0.717) is 0 Å². The molecule has 2 aliphatic heterocycles. The van der Waals surface area contributed by atoms with Crippen LogP contribution >= 0.6 is 11.8 Å². The number of hydrogen-bond acceptors (Lipinski definition) is 2. The summed E-state index contributed by atoms with van der Waals surface area (Å²) in [6.45, 7) is 8.45. The Hall–Kier alpha value is -1.11. The summed E-state index contributed by atoms with van der Waals surface area (Å²) in [6.07, 6.45) is 0. The Kier molecular flexibility index (Phi) is 5.00. The molecule has 2 atom stereocenters. The van der Waals surface area contributed by atoms with E-state index in [2.05, 4.69) is 5.32 Å². The molecule has 0 saturated carbocycles. The largest absolute Gasteiger partial charge is 0.337 e. The lowest BCUT2D eigenvalue weighted by Gasteiger charge is -2.28. The summed E-state index contributed by atoms with van der Waals surface area (Å²) in [5, 5.41) is 2.36. The molecular weight excluding hydrogens is 301 g/mol. The molecule has 0 unspecified atom stereocenters. The third kappa shape index (κ3) is 3.45. The molecule has 3 rings (SSSR count). The van der Waals surface area contributed by atoms with E-state index in [9.17, 15) is 9.18 Å². The van der Waals surface area contributed by atoms with Crippen LogP contribution < -0.4 is 10.2 Å². The second-order valence-electron chi connectivity index (χ2n) is 6.08. The number of nitrogens with zero attached hydrogens (tertiary/aromatic N) is 1. The Labute approximate surface area is 135 Å². The van der Waals surface area contributed by atoms with E-state index in [1.54, 1.807) is 28.8 Å². The molecule has 0 spiro atoms. The summed E-state index contributed by atoms with van der Waals surface area (Å²) in [5.41, 5.74) is 1.02. The first kappa shape index (κ1) is 15.8. The monoisotopic (exact) mass is 325 g/mol. The first-order valence-electron chi connectivity index (χ1n) is 8.02.